The van der Waals surface area contributed by atoms with Crippen LogP contribution in [0, 0.1) is 17.8 Å². The SMILES string of the molecule is CC1(C)C2=C(c3ccccc31)c1sc3c(c1CC2)CCC=C3N(c1ccc(-c2cccc3c4c(oc23)CCC=C4)cc1)C1C=CC(C2C=CCC3C4C=CC=CC4OC23)=CC1. The fourth-order valence-electron chi connectivity index (χ4n) is 12.6. The van der Waals surface area contributed by atoms with E-state index in [0.717, 1.165) is 68.3 Å². The number of anilines is 1. The summed E-state index contributed by atoms with van der Waals surface area (Å²) in [5, 5.41) is 1.21. The Kier molecular flexibility index (Phi) is 8.20. The van der Waals surface area contributed by atoms with E-state index in [1.807, 2.05) is 0 Å². The normalized spacial score (nSPS) is 27.2. The molecule has 3 nitrogen and oxygen atoms in total. The molecule has 1 fully saturated rings. The number of para-hydroxylation sites is 1. The molecule has 2 aromatic heterocycles. The van der Waals surface area contributed by atoms with Crippen molar-refractivity contribution in [3.8, 4) is 11.1 Å². The summed E-state index contributed by atoms with van der Waals surface area (Å²) in [6.45, 7) is 4.89. The Labute approximate surface area is 363 Å². The number of benzene rings is 3. The fraction of sp³-hybridized carbons (Fsp3) is 0.298. The van der Waals surface area contributed by atoms with Gasteiger partial charge in [-0.15, -0.1) is 11.3 Å². The van der Waals surface area contributed by atoms with E-state index in [-0.39, 0.29) is 29.6 Å². The van der Waals surface area contributed by atoms with Crippen LogP contribution in [-0.4, -0.2) is 18.2 Å². The van der Waals surface area contributed by atoms with Gasteiger partial charge in [0.25, 0.3) is 0 Å². The van der Waals surface area contributed by atoms with Gasteiger partial charge in [-0.1, -0.05) is 147 Å². The lowest BCUT2D eigenvalue weighted by molar-refractivity contribution is 0.0345. The van der Waals surface area contributed by atoms with E-state index in [2.05, 4.69) is 170 Å². The topological polar surface area (TPSA) is 25.6 Å². The molecule has 6 unspecified atom stereocenters. The van der Waals surface area contributed by atoms with Gasteiger partial charge in [0.2, 0.25) is 0 Å². The van der Waals surface area contributed by atoms with E-state index < -0.39 is 0 Å². The van der Waals surface area contributed by atoms with Crippen molar-refractivity contribution in [2.75, 3.05) is 4.90 Å². The number of fused-ring (bicyclic) bond motifs is 12. The molecule has 1 saturated heterocycles. The number of allylic oxidation sites excluding steroid dienone is 7. The maximum atomic E-state index is 6.82. The first-order chi connectivity index (χ1) is 30.0. The van der Waals surface area contributed by atoms with E-state index in [4.69, 9.17) is 9.15 Å². The van der Waals surface area contributed by atoms with Crippen LogP contribution in [0.1, 0.15) is 89.3 Å². The van der Waals surface area contributed by atoms with Gasteiger partial charge in [0.1, 0.15) is 11.3 Å². The molecule has 61 heavy (non-hydrogen) atoms. The smallest absolute Gasteiger partial charge is 0.142 e. The van der Waals surface area contributed by atoms with Crippen molar-refractivity contribution in [2.45, 2.75) is 88.9 Å². The quantitative estimate of drug-likeness (QED) is 0.165. The van der Waals surface area contributed by atoms with Gasteiger partial charge in [-0.05, 0) is 102 Å². The van der Waals surface area contributed by atoms with E-state index in [0.29, 0.717) is 11.8 Å². The lowest BCUT2D eigenvalue weighted by Gasteiger charge is -2.37. The minimum Gasteiger partial charge on any atom is -0.460 e. The molecule has 7 aliphatic carbocycles. The van der Waals surface area contributed by atoms with Crippen molar-refractivity contribution in [3.63, 3.8) is 0 Å². The minimum absolute atomic E-state index is 0.0655. The summed E-state index contributed by atoms with van der Waals surface area (Å²) in [5.74, 6) is 2.40. The van der Waals surface area contributed by atoms with Crippen LogP contribution in [0.25, 0.3) is 39.4 Å². The van der Waals surface area contributed by atoms with E-state index >= 15 is 0 Å². The van der Waals surface area contributed by atoms with Crippen molar-refractivity contribution in [1.29, 1.82) is 0 Å². The van der Waals surface area contributed by atoms with Crippen LogP contribution in [0.4, 0.5) is 5.69 Å². The maximum absolute atomic E-state index is 6.82. The van der Waals surface area contributed by atoms with E-state index in [9.17, 15) is 0 Å². The number of ether oxygens (including phenoxy) is 1. The van der Waals surface area contributed by atoms with Crippen LogP contribution in [0.15, 0.2) is 149 Å². The molecule has 3 aromatic carbocycles. The predicted octanol–water partition coefficient (Wildman–Crippen LogP) is 13.9. The molecule has 0 bridgehead atoms. The second-order valence-corrected chi connectivity index (χ2v) is 20.0. The van der Waals surface area contributed by atoms with Crippen molar-refractivity contribution < 1.29 is 9.15 Å². The van der Waals surface area contributed by atoms with Crippen molar-refractivity contribution in [3.05, 3.63) is 188 Å². The molecule has 0 N–H and O–H groups in total. The number of hydrogen-bond acceptors (Lipinski definition) is 4. The summed E-state index contributed by atoms with van der Waals surface area (Å²) >= 11 is 2.07. The molecular weight excluding hydrogens is 763 g/mol. The Hall–Kier alpha value is -5.42. The summed E-state index contributed by atoms with van der Waals surface area (Å²) in [7, 11) is 0. The molecule has 0 saturated carbocycles. The number of rotatable bonds is 5. The Morgan fingerprint density at radius 1 is 0.738 bits per heavy atom. The summed E-state index contributed by atoms with van der Waals surface area (Å²) in [6, 6.07) is 25.4. The Balaban J connectivity index is 0.888. The third-order valence-electron chi connectivity index (χ3n) is 15.5. The maximum Gasteiger partial charge on any atom is 0.142 e. The van der Waals surface area contributed by atoms with Crippen LogP contribution in [-0.2, 0) is 29.4 Å². The van der Waals surface area contributed by atoms with Gasteiger partial charge in [-0.2, -0.15) is 0 Å². The predicted molar refractivity (Wildman–Crippen MR) is 253 cm³/mol. The van der Waals surface area contributed by atoms with Crippen LogP contribution >= 0.6 is 11.3 Å². The third-order valence-corrected chi connectivity index (χ3v) is 16.8. The average molecular weight is 814 g/mol. The zero-order valence-electron chi connectivity index (χ0n) is 35.1. The monoisotopic (exact) mass is 813 g/mol. The van der Waals surface area contributed by atoms with Gasteiger partial charge in [0.15, 0.2) is 0 Å². The molecule has 6 atom stereocenters. The van der Waals surface area contributed by atoms with E-state index in [1.54, 1.807) is 16.7 Å². The van der Waals surface area contributed by atoms with Gasteiger partial charge < -0.3 is 14.1 Å². The molecule has 5 aromatic rings. The Morgan fingerprint density at radius 2 is 1.61 bits per heavy atom. The highest BCUT2D eigenvalue weighted by Crippen LogP contribution is 2.57. The fourth-order valence-corrected chi connectivity index (χ4v) is 14.1. The summed E-state index contributed by atoms with van der Waals surface area (Å²) in [4.78, 5) is 5.68. The first-order valence-corrected chi connectivity index (χ1v) is 23.7. The highest BCUT2D eigenvalue weighted by atomic mass is 32.1. The molecule has 302 valence electrons. The summed E-state index contributed by atoms with van der Waals surface area (Å²) in [5.41, 5.74) is 18.0. The van der Waals surface area contributed by atoms with Gasteiger partial charge in [-0.3, -0.25) is 0 Å². The Bertz CT molecular complexity index is 2910. The number of furan rings is 1. The van der Waals surface area contributed by atoms with Crippen molar-refractivity contribution in [1.82, 2.24) is 0 Å². The van der Waals surface area contributed by atoms with Crippen molar-refractivity contribution in [2.24, 2.45) is 17.8 Å². The molecule has 0 radical (unpaired) electrons. The van der Waals surface area contributed by atoms with Gasteiger partial charge in [0, 0.05) is 50.7 Å². The van der Waals surface area contributed by atoms with E-state index in [1.165, 1.54) is 59.9 Å². The lowest BCUT2D eigenvalue weighted by atomic mass is 9.73. The highest BCUT2D eigenvalue weighted by molar-refractivity contribution is 7.14. The second kappa shape index (κ2) is 13.8. The minimum atomic E-state index is 0.0655. The number of nitrogens with zero attached hydrogens (tertiary/aromatic N) is 1. The number of hydrogen-bond donors (Lipinski definition) is 0. The molecule has 1 aliphatic heterocycles. The summed E-state index contributed by atoms with van der Waals surface area (Å²) < 4.78 is 13.4. The first-order valence-electron chi connectivity index (χ1n) is 22.9. The highest BCUT2D eigenvalue weighted by Gasteiger charge is 2.47. The standard InChI is InChI=1S/C57H51NO2S/c1-57(2)47-20-6-3-14-46(47)52-48(57)33-32-45-44-19-11-21-49(55(44)61-56(45)52)58(36-28-24-34(25-29-36)38-15-9-17-42-40-12-4-7-22-50(40)59-53(38)42)37-30-26-35(27-31-37)39-16-10-18-43-41-13-5-8-23-51(41)60-54(39)43/h3-7,9-10,12-16,18,20-22,24-28,30-31,36,38,40,42,50,53H,8,11,17,19,23,29,32-33H2,1-2H3. The molecule has 4 heteroatoms. The van der Waals surface area contributed by atoms with Crippen LogP contribution in [0.3, 0.4) is 0 Å². The lowest BCUT2D eigenvalue weighted by Crippen LogP contribution is -2.35. The van der Waals surface area contributed by atoms with Crippen molar-refractivity contribution >= 4 is 45.3 Å². The molecule has 0 spiro atoms. The largest absolute Gasteiger partial charge is 0.460 e. The van der Waals surface area contributed by atoms with Gasteiger partial charge in [0.05, 0.1) is 28.8 Å². The van der Waals surface area contributed by atoms with Gasteiger partial charge >= 0.3 is 0 Å². The molecule has 13 rings (SSSR count). The molecule has 3 heterocycles. The van der Waals surface area contributed by atoms with Crippen LogP contribution in [0.2, 0.25) is 0 Å². The zero-order valence-corrected chi connectivity index (χ0v) is 35.9. The summed E-state index contributed by atoms with van der Waals surface area (Å²) in [6.07, 6.45) is 37.3. The second-order valence-electron chi connectivity index (χ2n) is 19.0. The van der Waals surface area contributed by atoms with Crippen LogP contribution < -0.4 is 4.90 Å². The van der Waals surface area contributed by atoms with Gasteiger partial charge in [-0.25, -0.2) is 0 Å². The Morgan fingerprint density at radius 3 is 2.51 bits per heavy atom. The first kappa shape index (κ1) is 36.3. The number of thiophene rings is 1. The molecular formula is C57H51NO2S. The molecule has 8 aliphatic rings. The number of aryl methyl sites for hydroxylation is 1. The van der Waals surface area contributed by atoms with Crippen LogP contribution in [0.5, 0.6) is 0 Å². The molecule has 0 amide bonds. The third kappa shape index (κ3) is 5.44. The zero-order chi connectivity index (χ0) is 40.4. The average Bonchev–Trinajstić information content (AvgIpc) is 4.06.